The van der Waals surface area contributed by atoms with Crippen molar-refractivity contribution in [1.82, 2.24) is 4.90 Å². The number of hydrogen-bond acceptors (Lipinski definition) is 3. The van der Waals surface area contributed by atoms with Gasteiger partial charge in [-0.05, 0) is 50.2 Å². The van der Waals surface area contributed by atoms with Crippen LogP contribution in [0.5, 0.6) is 0 Å². The molecule has 3 nitrogen and oxygen atoms in total. The third kappa shape index (κ3) is 2.67. The van der Waals surface area contributed by atoms with E-state index in [1.165, 1.54) is 25.2 Å². The molecule has 1 aliphatic heterocycles. The van der Waals surface area contributed by atoms with Crippen LogP contribution in [-0.4, -0.2) is 38.6 Å². The molecule has 0 aliphatic carbocycles. The standard InChI is InChI=1S/C13H21N3/c1-15-8-7-11(9-15)10-16(2)13-5-3-12(14)4-6-13/h3-6,11H,7-10,14H2,1-2H3. The first kappa shape index (κ1) is 11.3. The molecule has 16 heavy (non-hydrogen) atoms. The third-order valence-corrected chi connectivity index (χ3v) is 3.35. The molecule has 0 amide bonds. The molecule has 1 atom stereocenters. The molecule has 1 fully saturated rings. The van der Waals surface area contributed by atoms with Crippen molar-refractivity contribution in [2.24, 2.45) is 5.92 Å². The van der Waals surface area contributed by atoms with Crippen LogP contribution in [0.3, 0.4) is 0 Å². The minimum absolute atomic E-state index is 0.799. The van der Waals surface area contributed by atoms with E-state index in [4.69, 9.17) is 5.73 Å². The van der Waals surface area contributed by atoms with E-state index in [1.807, 2.05) is 12.1 Å². The Morgan fingerprint density at radius 1 is 1.38 bits per heavy atom. The molecule has 0 bridgehead atoms. The van der Waals surface area contributed by atoms with Gasteiger partial charge in [0.1, 0.15) is 0 Å². The van der Waals surface area contributed by atoms with E-state index >= 15 is 0 Å². The summed E-state index contributed by atoms with van der Waals surface area (Å²) >= 11 is 0. The normalized spacial score (nSPS) is 21.2. The molecular formula is C13H21N3. The number of nitrogen functional groups attached to an aromatic ring is 1. The summed E-state index contributed by atoms with van der Waals surface area (Å²) in [4.78, 5) is 4.73. The van der Waals surface area contributed by atoms with E-state index in [9.17, 15) is 0 Å². The molecule has 0 radical (unpaired) electrons. The lowest BCUT2D eigenvalue weighted by atomic mass is 10.1. The molecule has 2 N–H and O–H groups in total. The van der Waals surface area contributed by atoms with Gasteiger partial charge in [-0.2, -0.15) is 0 Å². The number of likely N-dealkylation sites (tertiary alicyclic amines) is 1. The second-order valence-electron chi connectivity index (χ2n) is 4.89. The molecule has 1 aliphatic rings. The van der Waals surface area contributed by atoms with Gasteiger partial charge in [0.05, 0.1) is 0 Å². The van der Waals surface area contributed by atoms with Crippen molar-refractivity contribution in [3.8, 4) is 0 Å². The second-order valence-corrected chi connectivity index (χ2v) is 4.89. The first-order chi connectivity index (χ1) is 7.65. The van der Waals surface area contributed by atoms with Crippen LogP contribution in [0.15, 0.2) is 24.3 Å². The van der Waals surface area contributed by atoms with Gasteiger partial charge in [-0.15, -0.1) is 0 Å². The fourth-order valence-electron chi connectivity index (χ4n) is 2.40. The van der Waals surface area contributed by atoms with Crippen LogP contribution >= 0.6 is 0 Å². The van der Waals surface area contributed by atoms with E-state index < -0.39 is 0 Å². The first-order valence-electron chi connectivity index (χ1n) is 5.90. The van der Waals surface area contributed by atoms with Crippen molar-refractivity contribution in [3.05, 3.63) is 24.3 Å². The van der Waals surface area contributed by atoms with Crippen molar-refractivity contribution < 1.29 is 0 Å². The average Bonchev–Trinajstić information content (AvgIpc) is 2.65. The van der Waals surface area contributed by atoms with Gasteiger partial charge in [0, 0.05) is 31.5 Å². The molecule has 0 spiro atoms. The average molecular weight is 219 g/mol. The number of hydrogen-bond donors (Lipinski definition) is 1. The number of nitrogens with two attached hydrogens (primary N) is 1. The zero-order valence-corrected chi connectivity index (χ0v) is 10.2. The van der Waals surface area contributed by atoms with Crippen molar-refractivity contribution in [3.63, 3.8) is 0 Å². The monoisotopic (exact) mass is 219 g/mol. The largest absolute Gasteiger partial charge is 0.399 e. The van der Waals surface area contributed by atoms with Gasteiger partial charge in [0.15, 0.2) is 0 Å². The van der Waals surface area contributed by atoms with E-state index in [1.54, 1.807) is 0 Å². The molecule has 1 aromatic carbocycles. The summed E-state index contributed by atoms with van der Waals surface area (Å²) in [6.07, 6.45) is 1.32. The van der Waals surface area contributed by atoms with Crippen molar-refractivity contribution in [2.75, 3.05) is 44.4 Å². The molecule has 88 valence electrons. The Balaban J connectivity index is 1.92. The van der Waals surface area contributed by atoms with Crippen LogP contribution in [0.1, 0.15) is 6.42 Å². The van der Waals surface area contributed by atoms with Gasteiger partial charge >= 0.3 is 0 Å². The quantitative estimate of drug-likeness (QED) is 0.785. The molecule has 1 unspecified atom stereocenters. The van der Waals surface area contributed by atoms with E-state index in [0.29, 0.717) is 0 Å². The Kier molecular flexibility index (Phi) is 3.34. The molecule has 0 saturated carbocycles. The first-order valence-corrected chi connectivity index (χ1v) is 5.90. The summed E-state index contributed by atoms with van der Waals surface area (Å²) in [5.74, 6) is 0.799. The van der Waals surface area contributed by atoms with Crippen LogP contribution in [0.25, 0.3) is 0 Å². The predicted octanol–water partition coefficient (Wildman–Crippen LogP) is 1.66. The fraction of sp³-hybridized carbons (Fsp3) is 0.538. The summed E-state index contributed by atoms with van der Waals surface area (Å²) in [6, 6.07) is 8.11. The van der Waals surface area contributed by atoms with Gasteiger partial charge in [0.25, 0.3) is 0 Å². The SMILES string of the molecule is CN1CCC(CN(C)c2ccc(N)cc2)C1. The van der Waals surface area contributed by atoms with Crippen LogP contribution in [0.4, 0.5) is 11.4 Å². The molecule has 3 heteroatoms. The third-order valence-electron chi connectivity index (χ3n) is 3.35. The van der Waals surface area contributed by atoms with Gasteiger partial charge in [-0.25, -0.2) is 0 Å². The Bertz CT molecular complexity index is 334. The molecule has 2 rings (SSSR count). The zero-order valence-electron chi connectivity index (χ0n) is 10.2. The maximum absolute atomic E-state index is 5.68. The number of anilines is 2. The summed E-state index contributed by atoms with van der Waals surface area (Å²) < 4.78 is 0. The fourth-order valence-corrected chi connectivity index (χ4v) is 2.40. The maximum atomic E-state index is 5.68. The lowest BCUT2D eigenvalue weighted by Crippen LogP contribution is -2.27. The van der Waals surface area contributed by atoms with Crippen LogP contribution in [0.2, 0.25) is 0 Å². The number of nitrogens with zero attached hydrogens (tertiary/aromatic N) is 2. The minimum Gasteiger partial charge on any atom is -0.399 e. The Hall–Kier alpha value is -1.22. The Morgan fingerprint density at radius 2 is 2.06 bits per heavy atom. The van der Waals surface area contributed by atoms with Crippen molar-refractivity contribution in [1.29, 1.82) is 0 Å². The predicted molar refractivity (Wildman–Crippen MR) is 69.7 cm³/mol. The smallest absolute Gasteiger partial charge is 0.0365 e. The summed E-state index contributed by atoms with van der Waals surface area (Å²) in [7, 11) is 4.35. The summed E-state index contributed by atoms with van der Waals surface area (Å²) in [5, 5.41) is 0. The highest BCUT2D eigenvalue weighted by molar-refractivity contribution is 5.52. The minimum atomic E-state index is 0.799. The molecular weight excluding hydrogens is 198 g/mol. The highest BCUT2D eigenvalue weighted by Gasteiger charge is 2.20. The zero-order chi connectivity index (χ0) is 11.5. The summed E-state index contributed by atoms with van der Waals surface area (Å²) in [6.45, 7) is 3.59. The molecule has 1 heterocycles. The second kappa shape index (κ2) is 4.74. The van der Waals surface area contributed by atoms with E-state index in [0.717, 1.165) is 18.2 Å². The molecule has 1 aromatic rings. The van der Waals surface area contributed by atoms with Crippen LogP contribution < -0.4 is 10.6 Å². The van der Waals surface area contributed by atoms with Gasteiger partial charge < -0.3 is 15.5 Å². The van der Waals surface area contributed by atoms with Gasteiger partial charge in [-0.1, -0.05) is 0 Å². The molecule has 1 saturated heterocycles. The number of benzene rings is 1. The number of rotatable bonds is 3. The Labute approximate surface area is 97.8 Å². The van der Waals surface area contributed by atoms with Gasteiger partial charge in [-0.3, -0.25) is 0 Å². The van der Waals surface area contributed by atoms with Crippen LogP contribution in [-0.2, 0) is 0 Å². The molecule has 0 aromatic heterocycles. The highest BCUT2D eigenvalue weighted by atomic mass is 15.1. The maximum Gasteiger partial charge on any atom is 0.0365 e. The van der Waals surface area contributed by atoms with Crippen molar-refractivity contribution >= 4 is 11.4 Å². The lowest BCUT2D eigenvalue weighted by Gasteiger charge is -2.23. The summed E-state index contributed by atoms with van der Waals surface area (Å²) in [5.41, 5.74) is 7.77. The Morgan fingerprint density at radius 3 is 2.62 bits per heavy atom. The van der Waals surface area contributed by atoms with E-state index in [-0.39, 0.29) is 0 Å². The lowest BCUT2D eigenvalue weighted by molar-refractivity contribution is 0.396. The van der Waals surface area contributed by atoms with Crippen LogP contribution in [0, 0.1) is 5.92 Å². The van der Waals surface area contributed by atoms with Crippen molar-refractivity contribution in [2.45, 2.75) is 6.42 Å². The van der Waals surface area contributed by atoms with E-state index in [2.05, 4.69) is 36.0 Å². The highest BCUT2D eigenvalue weighted by Crippen LogP contribution is 2.20. The topological polar surface area (TPSA) is 32.5 Å². The van der Waals surface area contributed by atoms with Gasteiger partial charge in [0.2, 0.25) is 0 Å².